The second-order valence-corrected chi connectivity index (χ2v) is 7.03. The predicted octanol–water partition coefficient (Wildman–Crippen LogP) is 4.44. The molecule has 0 amide bonds. The van der Waals surface area contributed by atoms with Crippen LogP contribution in [0.25, 0.3) is 11.0 Å². The lowest BCUT2D eigenvalue weighted by atomic mass is 10.0. The van der Waals surface area contributed by atoms with Crippen LogP contribution in [0.15, 0.2) is 16.6 Å². The minimum atomic E-state index is -0.290. The molecule has 0 atom stereocenters. The Morgan fingerprint density at radius 2 is 2.05 bits per heavy atom. The molecule has 0 aliphatic rings. The van der Waals surface area contributed by atoms with Gasteiger partial charge in [0.2, 0.25) is 5.95 Å². The second kappa shape index (κ2) is 5.93. The monoisotopic (exact) mass is 359 g/mol. The normalized spacial score (nSPS) is 12.2. The van der Waals surface area contributed by atoms with Crippen molar-refractivity contribution in [2.45, 2.75) is 38.0 Å². The van der Waals surface area contributed by atoms with E-state index in [1.165, 1.54) is 6.07 Å². The maximum atomic E-state index is 13.8. The Balaban J connectivity index is 2.54. The Hall–Kier alpha value is -0.750. The van der Waals surface area contributed by atoms with Crippen LogP contribution in [0.3, 0.4) is 0 Å². The van der Waals surface area contributed by atoms with E-state index >= 15 is 0 Å². The second-order valence-electron chi connectivity index (χ2n) is 4.91. The highest BCUT2D eigenvalue weighted by molar-refractivity contribution is 9.10. The third kappa shape index (κ3) is 2.68. The van der Waals surface area contributed by atoms with Gasteiger partial charge < -0.3 is 10.3 Å². The largest absolute Gasteiger partial charge is 0.369 e. The van der Waals surface area contributed by atoms with Crippen LogP contribution < -0.4 is 5.73 Å². The standard InChI is InChI=1S/C14H19BrFN3S/c1-4-14(5-2,20-3)8-19-12-7-10(16)9(15)6-11(12)18-13(19)17/h6-7H,4-5,8H2,1-3H3,(H2,17,18). The molecule has 0 aliphatic carbocycles. The van der Waals surface area contributed by atoms with Gasteiger partial charge in [0, 0.05) is 17.4 Å². The molecule has 0 spiro atoms. The molecule has 110 valence electrons. The van der Waals surface area contributed by atoms with Crippen molar-refractivity contribution in [3.63, 3.8) is 0 Å². The van der Waals surface area contributed by atoms with E-state index in [9.17, 15) is 4.39 Å². The lowest BCUT2D eigenvalue weighted by molar-refractivity contribution is 0.476. The molecule has 3 nitrogen and oxygen atoms in total. The highest BCUT2D eigenvalue weighted by Gasteiger charge is 2.27. The molecule has 1 aromatic carbocycles. The topological polar surface area (TPSA) is 43.8 Å². The number of hydrogen-bond donors (Lipinski definition) is 1. The number of nitrogens with two attached hydrogens (primary N) is 1. The molecule has 2 aromatic rings. The van der Waals surface area contributed by atoms with Gasteiger partial charge in [-0.3, -0.25) is 0 Å². The first-order chi connectivity index (χ1) is 9.46. The van der Waals surface area contributed by atoms with Gasteiger partial charge >= 0.3 is 0 Å². The number of halogens is 2. The van der Waals surface area contributed by atoms with Crippen molar-refractivity contribution < 1.29 is 4.39 Å². The van der Waals surface area contributed by atoms with Gasteiger partial charge in [0.25, 0.3) is 0 Å². The van der Waals surface area contributed by atoms with E-state index in [1.807, 2.05) is 16.3 Å². The molecule has 1 aromatic heterocycles. The molecular formula is C14H19BrFN3S. The Bertz CT molecular complexity index is 614. The molecule has 2 N–H and O–H groups in total. The number of hydrogen-bond acceptors (Lipinski definition) is 3. The number of rotatable bonds is 5. The third-order valence-electron chi connectivity index (χ3n) is 3.99. The summed E-state index contributed by atoms with van der Waals surface area (Å²) in [6, 6.07) is 3.18. The molecule has 0 saturated heterocycles. The zero-order valence-electron chi connectivity index (χ0n) is 11.9. The Morgan fingerprint density at radius 1 is 1.40 bits per heavy atom. The van der Waals surface area contributed by atoms with E-state index in [1.54, 1.807) is 6.07 Å². The highest BCUT2D eigenvalue weighted by Crippen LogP contribution is 2.35. The fourth-order valence-electron chi connectivity index (χ4n) is 2.42. The molecule has 0 bridgehead atoms. The summed E-state index contributed by atoms with van der Waals surface area (Å²) in [5.41, 5.74) is 7.50. The van der Waals surface area contributed by atoms with Gasteiger partial charge in [-0.1, -0.05) is 13.8 Å². The van der Waals surface area contributed by atoms with Crippen LogP contribution in [0.1, 0.15) is 26.7 Å². The van der Waals surface area contributed by atoms with Gasteiger partial charge in [-0.2, -0.15) is 11.8 Å². The fourth-order valence-corrected chi connectivity index (χ4v) is 3.59. The number of benzene rings is 1. The first-order valence-electron chi connectivity index (χ1n) is 6.62. The van der Waals surface area contributed by atoms with E-state index in [2.05, 4.69) is 41.0 Å². The van der Waals surface area contributed by atoms with Crippen molar-refractivity contribution in [3.8, 4) is 0 Å². The first-order valence-corrected chi connectivity index (χ1v) is 8.64. The van der Waals surface area contributed by atoms with Crippen LogP contribution in [0, 0.1) is 5.82 Å². The van der Waals surface area contributed by atoms with Crippen LogP contribution in [-0.4, -0.2) is 20.6 Å². The lowest BCUT2D eigenvalue weighted by Gasteiger charge is -2.30. The van der Waals surface area contributed by atoms with E-state index in [0.29, 0.717) is 10.4 Å². The van der Waals surface area contributed by atoms with Gasteiger partial charge in [-0.05, 0) is 41.1 Å². The van der Waals surface area contributed by atoms with Crippen LogP contribution in [-0.2, 0) is 6.54 Å². The summed E-state index contributed by atoms with van der Waals surface area (Å²) < 4.78 is 16.2. The maximum absolute atomic E-state index is 13.8. The van der Waals surface area contributed by atoms with E-state index in [0.717, 1.165) is 30.4 Å². The van der Waals surface area contributed by atoms with Gasteiger partial charge in [0.05, 0.1) is 15.5 Å². The summed E-state index contributed by atoms with van der Waals surface area (Å²) >= 11 is 5.02. The van der Waals surface area contributed by atoms with Crippen molar-refractivity contribution in [1.29, 1.82) is 0 Å². The van der Waals surface area contributed by atoms with Gasteiger partial charge in [0.15, 0.2) is 0 Å². The molecular weight excluding hydrogens is 341 g/mol. The fraction of sp³-hybridized carbons (Fsp3) is 0.500. The molecule has 0 unspecified atom stereocenters. The smallest absolute Gasteiger partial charge is 0.201 e. The summed E-state index contributed by atoms with van der Waals surface area (Å²) in [6.07, 6.45) is 4.17. The van der Waals surface area contributed by atoms with Crippen LogP contribution in [0.4, 0.5) is 10.3 Å². The Labute approximate surface area is 131 Å². The van der Waals surface area contributed by atoms with Gasteiger partial charge in [-0.25, -0.2) is 9.37 Å². The number of thioether (sulfide) groups is 1. The number of fused-ring (bicyclic) bond motifs is 1. The third-order valence-corrected chi connectivity index (χ3v) is 6.17. The molecule has 6 heteroatoms. The zero-order valence-corrected chi connectivity index (χ0v) is 14.3. The minimum absolute atomic E-state index is 0.102. The van der Waals surface area contributed by atoms with Crippen LogP contribution in [0.2, 0.25) is 0 Å². The summed E-state index contributed by atoms with van der Waals surface area (Å²) in [5, 5.41) is 0. The van der Waals surface area contributed by atoms with E-state index in [4.69, 9.17) is 5.73 Å². The summed E-state index contributed by atoms with van der Waals surface area (Å²) in [4.78, 5) is 4.34. The lowest BCUT2D eigenvalue weighted by Crippen LogP contribution is -2.29. The van der Waals surface area contributed by atoms with Crippen molar-refractivity contribution in [2.24, 2.45) is 0 Å². The van der Waals surface area contributed by atoms with Crippen molar-refractivity contribution in [2.75, 3.05) is 12.0 Å². The molecule has 0 aliphatic heterocycles. The van der Waals surface area contributed by atoms with Crippen LogP contribution in [0.5, 0.6) is 0 Å². The number of aromatic nitrogens is 2. The average Bonchev–Trinajstić information content (AvgIpc) is 2.72. The predicted molar refractivity (Wildman–Crippen MR) is 88.6 cm³/mol. The average molecular weight is 360 g/mol. The Kier molecular flexibility index (Phi) is 4.64. The molecule has 2 rings (SSSR count). The number of nitrogens with zero attached hydrogens (tertiary/aromatic N) is 2. The summed E-state index contributed by atoms with van der Waals surface area (Å²) in [6.45, 7) is 5.09. The SMILES string of the molecule is CCC(CC)(Cn1c(N)nc2cc(Br)c(F)cc21)SC. The van der Waals surface area contributed by atoms with E-state index < -0.39 is 0 Å². The Morgan fingerprint density at radius 3 is 2.60 bits per heavy atom. The molecule has 0 saturated carbocycles. The van der Waals surface area contributed by atoms with Crippen molar-refractivity contribution in [1.82, 2.24) is 9.55 Å². The zero-order chi connectivity index (χ0) is 14.9. The van der Waals surface area contributed by atoms with Crippen molar-refractivity contribution >= 4 is 44.7 Å². The summed E-state index contributed by atoms with van der Waals surface area (Å²) in [5.74, 6) is 0.152. The van der Waals surface area contributed by atoms with E-state index in [-0.39, 0.29) is 10.6 Å². The minimum Gasteiger partial charge on any atom is -0.369 e. The number of imidazole rings is 1. The molecule has 0 radical (unpaired) electrons. The van der Waals surface area contributed by atoms with Gasteiger partial charge in [-0.15, -0.1) is 0 Å². The first kappa shape index (κ1) is 15.6. The molecule has 0 fully saturated rings. The maximum Gasteiger partial charge on any atom is 0.201 e. The number of anilines is 1. The number of nitrogen functional groups attached to an aromatic ring is 1. The van der Waals surface area contributed by atoms with Gasteiger partial charge in [0.1, 0.15) is 5.82 Å². The quantitative estimate of drug-likeness (QED) is 0.857. The molecule has 20 heavy (non-hydrogen) atoms. The molecule has 1 heterocycles. The van der Waals surface area contributed by atoms with Crippen LogP contribution >= 0.6 is 27.7 Å². The van der Waals surface area contributed by atoms with Crippen molar-refractivity contribution in [3.05, 3.63) is 22.4 Å². The highest BCUT2D eigenvalue weighted by atomic mass is 79.9. The summed E-state index contributed by atoms with van der Waals surface area (Å²) in [7, 11) is 0.